The van der Waals surface area contributed by atoms with E-state index in [1.165, 1.54) is 36.6 Å². The minimum Gasteiger partial charge on any atom is -0.310 e. The van der Waals surface area contributed by atoms with Gasteiger partial charge < -0.3 is 5.32 Å². The Morgan fingerprint density at radius 3 is 2.95 bits per heavy atom. The summed E-state index contributed by atoms with van der Waals surface area (Å²) in [5, 5.41) is 4.84. The number of fused-ring (bicyclic) bond motifs is 1. The Bertz CT molecular complexity index is 562. The van der Waals surface area contributed by atoms with E-state index in [0.717, 1.165) is 18.5 Å². The molecule has 0 aliphatic heterocycles. The summed E-state index contributed by atoms with van der Waals surface area (Å²) in [6.07, 6.45) is 9.98. The maximum atomic E-state index is 4.39. The number of hydrogen-bond acceptors (Lipinski definition) is 2. The molecule has 2 rings (SSSR count). The number of hydrogen-bond donors (Lipinski definition) is 1. The van der Waals surface area contributed by atoms with Crippen molar-refractivity contribution in [3.05, 3.63) is 54.7 Å². The molecule has 0 aliphatic carbocycles. The molecule has 1 aromatic carbocycles. The molecule has 2 aromatic rings. The van der Waals surface area contributed by atoms with E-state index in [1.807, 2.05) is 18.3 Å². The molecule has 1 aromatic heterocycles. The number of benzene rings is 1. The highest BCUT2D eigenvalue weighted by molar-refractivity contribution is 5.79. The first-order valence-corrected chi connectivity index (χ1v) is 8.04. The molecule has 1 atom stereocenters. The van der Waals surface area contributed by atoms with Crippen LogP contribution in [0, 0.1) is 0 Å². The van der Waals surface area contributed by atoms with Crippen LogP contribution in [0.4, 0.5) is 0 Å². The second-order valence-electron chi connectivity index (χ2n) is 5.49. The molecule has 0 spiro atoms. The van der Waals surface area contributed by atoms with Gasteiger partial charge in [-0.3, -0.25) is 4.98 Å². The SMILES string of the molecule is C=CCCCCCC(NCC)c1ccc2ncccc2c1. The summed E-state index contributed by atoms with van der Waals surface area (Å²) in [5.74, 6) is 0. The third kappa shape index (κ3) is 4.68. The molecule has 1 heterocycles. The molecule has 1 N–H and O–H groups in total. The molecule has 112 valence electrons. The van der Waals surface area contributed by atoms with E-state index in [9.17, 15) is 0 Å². The van der Waals surface area contributed by atoms with Crippen LogP contribution in [0.1, 0.15) is 50.6 Å². The van der Waals surface area contributed by atoms with Crippen LogP contribution in [0.15, 0.2) is 49.2 Å². The van der Waals surface area contributed by atoms with Gasteiger partial charge in [-0.1, -0.05) is 38.0 Å². The van der Waals surface area contributed by atoms with Crippen LogP contribution in [-0.4, -0.2) is 11.5 Å². The Kier molecular flexibility index (Phi) is 6.42. The van der Waals surface area contributed by atoms with Crippen molar-refractivity contribution >= 4 is 10.9 Å². The highest BCUT2D eigenvalue weighted by Crippen LogP contribution is 2.23. The van der Waals surface area contributed by atoms with Gasteiger partial charge in [0, 0.05) is 17.6 Å². The zero-order valence-electron chi connectivity index (χ0n) is 13.0. The predicted octanol–water partition coefficient (Wildman–Crippen LogP) is 5.02. The quantitative estimate of drug-likeness (QED) is 0.516. The molecular weight excluding hydrogens is 256 g/mol. The molecule has 0 amide bonds. The van der Waals surface area contributed by atoms with Crippen LogP contribution in [0.25, 0.3) is 10.9 Å². The van der Waals surface area contributed by atoms with Gasteiger partial charge in [-0.25, -0.2) is 0 Å². The van der Waals surface area contributed by atoms with Gasteiger partial charge in [-0.15, -0.1) is 6.58 Å². The zero-order chi connectivity index (χ0) is 14.9. The number of unbranched alkanes of at least 4 members (excludes halogenated alkanes) is 3. The van der Waals surface area contributed by atoms with Gasteiger partial charge in [-0.05, 0) is 49.6 Å². The fourth-order valence-corrected chi connectivity index (χ4v) is 2.76. The van der Waals surface area contributed by atoms with Gasteiger partial charge in [0.2, 0.25) is 0 Å². The lowest BCUT2D eigenvalue weighted by Crippen LogP contribution is -2.20. The summed E-state index contributed by atoms with van der Waals surface area (Å²) < 4.78 is 0. The van der Waals surface area contributed by atoms with E-state index in [4.69, 9.17) is 0 Å². The fraction of sp³-hybridized carbons (Fsp3) is 0.421. The molecule has 0 saturated carbocycles. The molecule has 0 saturated heterocycles. The summed E-state index contributed by atoms with van der Waals surface area (Å²) >= 11 is 0. The second kappa shape index (κ2) is 8.58. The first kappa shape index (κ1) is 15.7. The van der Waals surface area contributed by atoms with Crippen molar-refractivity contribution in [3.8, 4) is 0 Å². The van der Waals surface area contributed by atoms with Crippen LogP contribution in [0.5, 0.6) is 0 Å². The van der Waals surface area contributed by atoms with E-state index >= 15 is 0 Å². The molecule has 0 radical (unpaired) electrons. The van der Waals surface area contributed by atoms with E-state index in [0.29, 0.717) is 6.04 Å². The van der Waals surface area contributed by atoms with Crippen molar-refractivity contribution < 1.29 is 0 Å². The first-order valence-electron chi connectivity index (χ1n) is 8.04. The number of nitrogens with one attached hydrogen (secondary N) is 1. The van der Waals surface area contributed by atoms with Crippen LogP contribution >= 0.6 is 0 Å². The standard InChI is InChI=1S/C19H26N2/c1-3-5-6-7-8-11-18(20-4-2)17-12-13-19-16(15-17)10-9-14-21-19/h3,9-10,12-15,18,20H,1,4-8,11H2,2H3. The average molecular weight is 282 g/mol. The molecule has 2 nitrogen and oxygen atoms in total. The lowest BCUT2D eigenvalue weighted by molar-refractivity contribution is 0.484. The molecular formula is C19H26N2. The van der Waals surface area contributed by atoms with Crippen molar-refractivity contribution in [2.24, 2.45) is 0 Å². The topological polar surface area (TPSA) is 24.9 Å². The van der Waals surface area contributed by atoms with Crippen molar-refractivity contribution in [3.63, 3.8) is 0 Å². The van der Waals surface area contributed by atoms with Crippen LogP contribution < -0.4 is 5.32 Å². The monoisotopic (exact) mass is 282 g/mol. The second-order valence-corrected chi connectivity index (χ2v) is 5.49. The Morgan fingerprint density at radius 1 is 1.24 bits per heavy atom. The van der Waals surface area contributed by atoms with Crippen LogP contribution in [0.2, 0.25) is 0 Å². The molecule has 0 aliphatic rings. The lowest BCUT2D eigenvalue weighted by Gasteiger charge is -2.19. The molecule has 21 heavy (non-hydrogen) atoms. The Balaban J connectivity index is 2.02. The van der Waals surface area contributed by atoms with Crippen molar-refractivity contribution in [1.82, 2.24) is 10.3 Å². The smallest absolute Gasteiger partial charge is 0.0702 e. The largest absolute Gasteiger partial charge is 0.310 e. The normalized spacial score (nSPS) is 12.4. The first-order chi connectivity index (χ1) is 10.3. The number of allylic oxidation sites excluding steroid dienone is 1. The minimum absolute atomic E-state index is 0.448. The van der Waals surface area contributed by atoms with E-state index in [1.54, 1.807) is 0 Å². The van der Waals surface area contributed by atoms with Crippen LogP contribution in [-0.2, 0) is 0 Å². The number of nitrogens with zero attached hydrogens (tertiary/aromatic N) is 1. The Hall–Kier alpha value is -1.67. The minimum atomic E-state index is 0.448. The third-order valence-electron chi connectivity index (χ3n) is 3.88. The van der Waals surface area contributed by atoms with E-state index in [-0.39, 0.29) is 0 Å². The lowest BCUT2D eigenvalue weighted by atomic mass is 9.98. The highest BCUT2D eigenvalue weighted by atomic mass is 14.9. The summed E-state index contributed by atoms with van der Waals surface area (Å²) in [7, 11) is 0. The zero-order valence-corrected chi connectivity index (χ0v) is 13.0. The predicted molar refractivity (Wildman–Crippen MR) is 91.4 cm³/mol. The maximum absolute atomic E-state index is 4.39. The van der Waals surface area contributed by atoms with Crippen molar-refractivity contribution in [1.29, 1.82) is 0 Å². The number of aromatic nitrogens is 1. The maximum Gasteiger partial charge on any atom is 0.0702 e. The summed E-state index contributed by atoms with van der Waals surface area (Å²) in [5.41, 5.74) is 2.45. The summed E-state index contributed by atoms with van der Waals surface area (Å²) in [6.45, 7) is 6.96. The van der Waals surface area contributed by atoms with Gasteiger partial charge in [-0.2, -0.15) is 0 Å². The molecule has 2 heteroatoms. The molecule has 0 bridgehead atoms. The van der Waals surface area contributed by atoms with Gasteiger partial charge in [0.15, 0.2) is 0 Å². The third-order valence-corrected chi connectivity index (χ3v) is 3.88. The average Bonchev–Trinajstić information content (AvgIpc) is 2.53. The molecule has 1 unspecified atom stereocenters. The summed E-state index contributed by atoms with van der Waals surface area (Å²) in [6, 6.07) is 11.2. The Morgan fingerprint density at radius 2 is 2.14 bits per heavy atom. The Labute approximate surface area is 128 Å². The van der Waals surface area contributed by atoms with Gasteiger partial charge in [0.1, 0.15) is 0 Å². The van der Waals surface area contributed by atoms with E-state index in [2.05, 4.69) is 48.1 Å². The number of pyridine rings is 1. The highest BCUT2D eigenvalue weighted by Gasteiger charge is 2.10. The summed E-state index contributed by atoms with van der Waals surface area (Å²) in [4.78, 5) is 4.39. The van der Waals surface area contributed by atoms with Crippen LogP contribution in [0.3, 0.4) is 0 Å². The fourth-order valence-electron chi connectivity index (χ4n) is 2.76. The number of rotatable bonds is 9. The molecule has 0 fully saturated rings. The van der Waals surface area contributed by atoms with Crippen molar-refractivity contribution in [2.45, 2.75) is 45.1 Å². The van der Waals surface area contributed by atoms with E-state index < -0.39 is 0 Å². The van der Waals surface area contributed by atoms with Gasteiger partial charge in [0.05, 0.1) is 5.52 Å². The van der Waals surface area contributed by atoms with Gasteiger partial charge >= 0.3 is 0 Å². The van der Waals surface area contributed by atoms with Crippen molar-refractivity contribution in [2.75, 3.05) is 6.54 Å². The van der Waals surface area contributed by atoms with Gasteiger partial charge in [0.25, 0.3) is 0 Å².